The van der Waals surface area contributed by atoms with E-state index in [0.29, 0.717) is 18.5 Å². The molecular formula is C13H24N4O. The minimum Gasteiger partial charge on any atom is -0.392 e. The molecule has 0 spiro atoms. The van der Waals surface area contributed by atoms with Gasteiger partial charge in [-0.3, -0.25) is 0 Å². The summed E-state index contributed by atoms with van der Waals surface area (Å²) in [6, 6.07) is 0.387. The molecule has 5 nitrogen and oxygen atoms in total. The van der Waals surface area contributed by atoms with E-state index in [4.69, 9.17) is 5.73 Å². The molecule has 0 amide bonds. The summed E-state index contributed by atoms with van der Waals surface area (Å²) in [6.07, 6.45) is 5.20. The van der Waals surface area contributed by atoms with Crippen molar-refractivity contribution in [2.45, 2.75) is 64.6 Å². The average molecular weight is 252 g/mol. The van der Waals surface area contributed by atoms with Crippen LogP contribution in [-0.2, 0) is 13.0 Å². The van der Waals surface area contributed by atoms with Gasteiger partial charge in [-0.1, -0.05) is 0 Å². The molecule has 0 saturated heterocycles. The second-order valence-corrected chi connectivity index (χ2v) is 5.61. The fourth-order valence-corrected chi connectivity index (χ4v) is 2.73. The van der Waals surface area contributed by atoms with E-state index in [-0.39, 0.29) is 6.10 Å². The van der Waals surface area contributed by atoms with Crippen molar-refractivity contribution in [2.24, 2.45) is 11.7 Å². The molecule has 5 heteroatoms. The van der Waals surface area contributed by atoms with E-state index in [1.165, 1.54) is 12.8 Å². The van der Waals surface area contributed by atoms with Crippen LogP contribution in [0.1, 0.15) is 44.3 Å². The molecule has 1 atom stereocenters. The number of aryl methyl sites for hydroxylation is 1. The van der Waals surface area contributed by atoms with Crippen LogP contribution in [0.4, 0.5) is 0 Å². The predicted molar refractivity (Wildman–Crippen MR) is 70.1 cm³/mol. The number of nitrogens with two attached hydrogens (primary N) is 1. The van der Waals surface area contributed by atoms with Crippen LogP contribution in [0.25, 0.3) is 0 Å². The average Bonchev–Trinajstić information content (AvgIpc) is 2.64. The van der Waals surface area contributed by atoms with Crippen molar-refractivity contribution in [3.05, 3.63) is 11.6 Å². The summed E-state index contributed by atoms with van der Waals surface area (Å²) in [4.78, 5) is 0. The van der Waals surface area contributed by atoms with E-state index in [9.17, 15) is 5.11 Å². The molecule has 1 saturated carbocycles. The van der Waals surface area contributed by atoms with E-state index >= 15 is 0 Å². The molecular weight excluding hydrogens is 228 g/mol. The monoisotopic (exact) mass is 252 g/mol. The highest BCUT2D eigenvalue weighted by Gasteiger charge is 2.21. The molecule has 1 aromatic rings. The zero-order valence-corrected chi connectivity index (χ0v) is 11.3. The van der Waals surface area contributed by atoms with Crippen molar-refractivity contribution in [2.75, 3.05) is 0 Å². The van der Waals surface area contributed by atoms with Crippen LogP contribution in [0.5, 0.6) is 0 Å². The summed E-state index contributed by atoms with van der Waals surface area (Å²) in [7, 11) is 0. The largest absolute Gasteiger partial charge is 0.392 e. The summed E-state index contributed by atoms with van der Waals surface area (Å²) >= 11 is 0. The minimum atomic E-state index is -0.363. The molecule has 2 rings (SSSR count). The van der Waals surface area contributed by atoms with Gasteiger partial charge in [0.2, 0.25) is 0 Å². The molecule has 0 bridgehead atoms. The van der Waals surface area contributed by atoms with Gasteiger partial charge in [-0.2, -0.15) is 0 Å². The maximum Gasteiger partial charge on any atom is 0.133 e. The molecule has 0 radical (unpaired) electrons. The minimum absolute atomic E-state index is 0.363. The normalized spacial score (nSPS) is 26.2. The number of rotatable bonds is 4. The van der Waals surface area contributed by atoms with Crippen molar-refractivity contribution in [3.8, 4) is 0 Å². The van der Waals surface area contributed by atoms with Crippen molar-refractivity contribution >= 4 is 0 Å². The Kier molecular flexibility index (Phi) is 4.35. The van der Waals surface area contributed by atoms with Crippen LogP contribution in [-0.4, -0.2) is 32.0 Å². The predicted octanol–water partition coefficient (Wildman–Crippen LogP) is 1.03. The molecule has 1 unspecified atom stereocenters. The maximum absolute atomic E-state index is 9.52. The third kappa shape index (κ3) is 3.29. The third-order valence-electron chi connectivity index (χ3n) is 3.82. The van der Waals surface area contributed by atoms with Gasteiger partial charge in [0.15, 0.2) is 0 Å². The Bertz CT molecular complexity index is 380. The van der Waals surface area contributed by atoms with Gasteiger partial charge >= 0.3 is 0 Å². The standard InChI is InChI=1S/C13H24N4O/c1-9(18)8-17-10(2)15-16-13(17)7-11-3-5-12(14)6-4-11/h9,11-12,18H,3-8,14H2,1-2H3. The fraction of sp³-hybridized carbons (Fsp3) is 0.846. The highest BCUT2D eigenvalue weighted by Crippen LogP contribution is 2.26. The number of aliphatic hydroxyl groups is 1. The van der Waals surface area contributed by atoms with E-state index in [2.05, 4.69) is 10.2 Å². The molecule has 1 aromatic heterocycles. The molecule has 18 heavy (non-hydrogen) atoms. The van der Waals surface area contributed by atoms with E-state index in [1.807, 2.05) is 11.5 Å². The van der Waals surface area contributed by atoms with Gasteiger partial charge in [-0.05, 0) is 45.4 Å². The number of nitrogens with zero attached hydrogens (tertiary/aromatic N) is 3. The van der Waals surface area contributed by atoms with Gasteiger partial charge in [0.25, 0.3) is 0 Å². The van der Waals surface area contributed by atoms with Crippen molar-refractivity contribution < 1.29 is 5.11 Å². The van der Waals surface area contributed by atoms with Crippen molar-refractivity contribution in [1.82, 2.24) is 14.8 Å². The fourth-order valence-electron chi connectivity index (χ4n) is 2.73. The Morgan fingerprint density at radius 3 is 2.61 bits per heavy atom. The second-order valence-electron chi connectivity index (χ2n) is 5.61. The smallest absolute Gasteiger partial charge is 0.133 e. The van der Waals surface area contributed by atoms with Gasteiger partial charge in [0.05, 0.1) is 12.6 Å². The molecule has 1 aliphatic carbocycles. The first-order chi connectivity index (χ1) is 8.56. The zero-order chi connectivity index (χ0) is 13.1. The second kappa shape index (κ2) is 5.80. The van der Waals surface area contributed by atoms with Crippen molar-refractivity contribution in [1.29, 1.82) is 0 Å². The first-order valence-electron chi connectivity index (χ1n) is 6.88. The van der Waals surface area contributed by atoms with Gasteiger partial charge in [0, 0.05) is 12.5 Å². The van der Waals surface area contributed by atoms with Crippen LogP contribution in [0, 0.1) is 12.8 Å². The van der Waals surface area contributed by atoms with Crippen molar-refractivity contribution in [3.63, 3.8) is 0 Å². The van der Waals surface area contributed by atoms with E-state index in [1.54, 1.807) is 6.92 Å². The first kappa shape index (κ1) is 13.5. The molecule has 102 valence electrons. The Morgan fingerprint density at radius 1 is 1.33 bits per heavy atom. The Labute approximate surface area is 108 Å². The summed E-state index contributed by atoms with van der Waals surface area (Å²) in [5, 5.41) is 17.9. The van der Waals surface area contributed by atoms with Crippen LogP contribution in [0.15, 0.2) is 0 Å². The lowest BCUT2D eigenvalue weighted by Gasteiger charge is -2.25. The summed E-state index contributed by atoms with van der Waals surface area (Å²) < 4.78 is 2.04. The summed E-state index contributed by atoms with van der Waals surface area (Å²) in [6.45, 7) is 4.32. The lowest BCUT2D eigenvalue weighted by atomic mass is 9.84. The highest BCUT2D eigenvalue weighted by atomic mass is 16.3. The number of hydrogen-bond donors (Lipinski definition) is 2. The van der Waals surface area contributed by atoms with Crippen LogP contribution in [0.3, 0.4) is 0 Å². The SMILES string of the molecule is Cc1nnc(CC2CCC(N)CC2)n1CC(C)O. The lowest BCUT2D eigenvalue weighted by Crippen LogP contribution is -2.28. The molecule has 0 aromatic carbocycles. The van der Waals surface area contributed by atoms with Crippen LogP contribution in [0.2, 0.25) is 0 Å². The molecule has 1 heterocycles. The van der Waals surface area contributed by atoms with Gasteiger partial charge in [-0.15, -0.1) is 10.2 Å². The Morgan fingerprint density at radius 2 is 2.00 bits per heavy atom. The topological polar surface area (TPSA) is 77.0 Å². The summed E-state index contributed by atoms with van der Waals surface area (Å²) in [5.74, 6) is 2.56. The number of aromatic nitrogens is 3. The van der Waals surface area contributed by atoms with Crippen LogP contribution < -0.4 is 5.73 Å². The van der Waals surface area contributed by atoms with E-state index < -0.39 is 0 Å². The number of hydrogen-bond acceptors (Lipinski definition) is 4. The third-order valence-corrected chi connectivity index (χ3v) is 3.82. The van der Waals surface area contributed by atoms with Gasteiger partial charge in [0.1, 0.15) is 11.6 Å². The highest BCUT2D eigenvalue weighted by molar-refractivity contribution is 4.96. The quantitative estimate of drug-likeness (QED) is 0.839. The van der Waals surface area contributed by atoms with E-state index in [0.717, 1.165) is 30.9 Å². The molecule has 3 N–H and O–H groups in total. The number of aliphatic hydroxyl groups excluding tert-OH is 1. The zero-order valence-electron chi connectivity index (χ0n) is 11.3. The van der Waals surface area contributed by atoms with Gasteiger partial charge < -0.3 is 15.4 Å². The van der Waals surface area contributed by atoms with Gasteiger partial charge in [-0.25, -0.2) is 0 Å². The van der Waals surface area contributed by atoms with Crippen LogP contribution >= 0.6 is 0 Å². The Balaban J connectivity index is 2.00. The molecule has 1 fully saturated rings. The molecule has 1 aliphatic rings. The molecule has 0 aliphatic heterocycles. The maximum atomic E-state index is 9.52. The summed E-state index contributed by atoms with van der Waals surface area (Å²) in [5.41, 5.74) is 5.92. The Hall–Kier alpha value is -0.940. The first-order valence-corrected chi connectivity index (χ1v) is 6.88. The lowest BCUT2D eigenvalue weighted by molar-refractivity contribution is 0.170.